The summed E-state index contributed by atoms with van der Waals surface area (Å²) in [5, 5.41) is 0. The van der Waals surface area contributed by atoms with Crippen molar-refractivity contribution in [2.45, 2.75) is 66.4 Å². The van der Waals surface area contributed by atoms with Crippen LogP contribution in [0.3, 0.4) is 0 Å². The van der Waals surface area contributed by atoms with Gasteiger partial charge >= 0.3 is 5.97 Å². The van der Waals surface area contributed by atoms with Gasteiger partial charge in [-0.2, -0.15) is 0 Å². The van der Waals surface area contributed by atoms with Crippen LogP contribution in [-0.4, -0.2) is 29.6 Å². The molecule has 0 aliphatic carbocycles. The first-order valence-corrected chi connectivity index (χ1v) is 8.73. The van der Waals surface area contributed by atoms with Crippen LogP contribution in [0.2, 0.25) is 0 Å². The zero-order chi connectivity index (χ0) is 18.0. The molecule has 0 aromatic heterocycles. The third-order valence-electron chi connectivity index (χ3n) is 3.38. The van der Waals surface area contributed by atoms with Gasteiger partial charge in [0, 0.05) is 17.2 Å². The Hall–Kier alpha value is -0.940. The summed E-state index contributed by atoms with van der Waals surface area (Å²) in [4.78, 5) is 12.7. The summed E-state index contributed by atoms with van der Waals surface area (Å²) in [6.07, 6.45) is 4.51. The lowest BCUT2D eigenvalue weighted by Gasteiger charge is -2.23. The van der Waals surface area contributed by atoms with E-state index in [0.29, 0.717) is 29.7 Å². The van der Waals surface area contributed by atoms with Gasteiger partial charge < -0.3 is 15.2 Å². The molecule has 2 N–H and O–H groups in total. The largest absolute Gasteiger partial charge is 0.460 e. The molecule has 134 valence electrons. The number of carbonyl (C=O) groups is 1. The van der Waals surface area contributed by atoms with Crippen LogP contribution >= 0.6 is 12.2 Å². The van der Waals surface area contributed by atoms with Crippen LogP contribution in [-0.2, 0) is 14.3 Å². The molecule has 5 heteroatoms. The predicted octanol–water partition coefficient (Wildman–Crippen LogP) is 4.02. The first-order valence-electron chi connectivity index (χ1n) is 8.32. The van der Waals surface area contributed by atoms with Crippen LogP contribution < -0.4 is 5.73 Å². The lowest BCUT2D eigenvalue weighted by atomic mass is 9.95. The second-order valence-electron chi connectivity index (χ2n) is 7.16. The maximum absolute atomic E-state index is 12.0. The summed E-state index contributed by atoms with van der Waals surface area (Å²) in [7, 11) is 0. The van der Waals surface area contributed by atoms with Crippen LogP contribution in [0, 0.1) is 11.8 Å². The molecule has 2 unspecified atom stereocenters. The van der Waals surface area contributed by atoms with Crippen molar-refractivity contribution in [1.29, 1.82) is 0 Å². The normalized spacial score (nSPS) is 15.1. The highest BCUT2D eigenvalue weighted by Crippen LogP contribution is 2.19. The molecule has 4 nitrogen and oxygen atoms in total. The van der Waals surface area contributed by atoms with Crippen LogP contribution in [0.1, 0.15) is 60.8 Å². The van der Waals surface area contributed by atoms with Gasteiger partial charge in [0.05, 0.1) is 12.5 Å². The average molecular weight is 344 g/mol. The number of nitrogens with two attached hydrogens (primary N) is 1. The first kappa shape index (κ1) is 22.1. The van der Waals surface area contributed by atoms with Crippen LogP contribution in [0.25, 0.3) is 0 Å². The summed E-state index contributed by atoms with van der Waals surface area (Å²) in [6, 6.07) is 0. The highest BCUT2D eigenvalue weighted by atomic mass is 32.1. The highest BCUT2D eigenvalue weighted by Gasteiger charge is 2.22. The van der Waals surface area contributed by atoms with Crippen molar-refractivity contribution in [2.75, 3.05) is 13.2 Å². The van der Waals surface area contributed by atoms with E-state index in [4.69, 9.17) is 27.4 Å². The number of esters is 1. The van der Waals surface area contributed by atoms with Gasteiger partial charge in [0.2, 0.25) is 0 Å². The molecular weight excluding hydrogens is 310 g/mol. The average Bonchev–Trinajstić information content (AvgIpc) is 2.39. The highest BCUT2D eigenvalue weighted by molar-refractivity contribution is 7.80. The minimum atomic E-state index is -0.428. The smallest absolute Gasteiger partial charge is 0.309 e. The van der Waals surface area contributed by atoms with Gasteiger partial charge in [-0.15, -0.1) is 0 Å². The second kappa shape index (κ2) is 10.8. The standard InChI is InChI=1S/C18H33NO3S/c1-7-15(11-21-12-16(23)10-14(3)19)9-8-13(2)17(20)22-18(4,5)6/h10,13,15H,7-9,11-12,19H2,1-6H3/b14-10-. The van der Waals surface area contributed by atoms with E-state index in [1.807, 2.05) is 27.7 Å². The Balaban J connectivity index is 4.12. The first-order chi connectivity index (χ1) is 10.5. The molecule has 0 aromatic carbocycles. The number of hydrogen-bond acceptors (Lipinski definition) is 5. The van der Waals surface area contributed by atoms with E-state index in [2.05, 4.69) is 6.92 Å². The van der Waals surface area contributed by atoms with Gasteiger partial charge in [-0.3, -0.25) is 4.79 Å². The second-order valence-corrected chi connectivity index (χ2v) is 7.68. The van der Waals surface area contributed by atoms with Crippen molar-refractivity contribution >= 4 is 23.1 Å². The molecule has 0 fully saturated rings. The van der Waals surface area contributed by atoms with E-state index in [0.717, 1.165) is 19.3 Å². The van der Waals surface area contributed by atoms with Gasteiger partial charge in [0.15, 0.2) is 0 Å². The monoisotopic (exact) mass is 343 g/mol. The molecule has 23 heavy (non-hydrogen) atoms. The summed E-state index contributed by atoms with van der Waals surface area (Å²) >= 11 is 5.17. The van der Waals surface area contributed by atoms with Gasteiger partial charge in [-0.05, 0) is 52.5 Å². The Morgan fingerprint density at radius 1 is 1.30 bits per heavy atom. The topological polar surface area (TPSA) is 61.5 Å². The zero-order valence-electron chi connectivity index (χ0n) is 15.5. The predicted molar refractivity (Wildman–Crippen MR) is 99.4 cm³/mol. The van der Waals surface area contributed by atoms with Crippen molar-refractivity contribution in [3.05, 3.63) is 11.8 Å². The van der Waals surface area contributed by atoms with Crippen molar-refractivity contribution in [1.82, 2.24) is 0 Å². The Bertz CT molecular complexity index is 409. The Morgan fingerprint density at radius 2 is 1.91 bits per heavy atom. The number of hydrogen-bond donors (Lipinski definition) is 1. The van der Waals surface area contributed by atoms with Crippen molar-refractivity contribution in [3.8, 4) is 0 Å². The van der Waals surface area contributed by atoms with Gasteiger partial charge in [0.25, 0.3) is 0 Å². The zero-order valence-corrected chi connectivity index (χ0v) is 16.3. The fourth-order valence-corrected chi connectivity index (χ4v) is 2.30. The third-order valence-corrected chi connectivity index (χ3v) is 3.62. The molecule has 0 aromatic rings. The SMILES string of the molecule is CCC(CCC(C)C(=O)OC(C)(C)C)COCC(=S)/C=C(/C)N. The van der Waals surface area contributed by atoms with Gasteiger partial charge in [-0.1, -0.05) is 32.5 Å². The number of allylic oxidation sites excluding steroid dienone is 1. The third kappa shape index (κ3) is 12.2. The molecule has 0 spiro atoms. The van der Waals surface area contributed by atoms with Crippen molar-refractivity contribution in [3.63, 3.8) is 0 Å². The fourth-order valence-electron chi connectivity index (χ4n) is 2.03. The number of ether oxygens (including phenoxy) is 2. The quantitative estimate of drug-likeness (QED) is 0.369. The molecule has 0 saturated carbocycles. The lowest BCUT2D eigenvalue weighted by molar-refractivity contribution is -0.159. The Kier molecular flexibility index (Phi) is 10.3. The Morgan fingerprint density at radius 3 is 2.39 bits per heavy atom. The molecule has 0 bridgehead atoms. The van der Waals surface area contributed by atoms with Crippen LogP contribution in [0.5, 0.6) is 0 Å². The molecule has 0 heterocycles. The molecule has 2 atom stereocenters. The van der Waals surface area contributed by atoms with E-state index >= 15 is 0 Å². The van der Waals surface area contributed by atoms with E-state index in [9.17, 15) is 4.79 Å². The Labute approximate surface area is 146 Å². The maximum Gasteiger partial charge on any atom is 0.309 e. The van der Waals surface area contributed by atoms with Gasteiger partial charge in [-0.25, -0.2) is 0 Å². The van der Waals surface area contributed by atoms with E-state index in [1.54, 1.807) is 13.0 Å². The minimum Gasteiger partial charge on any atom is -0.460 e. The van der Waals surface area contributed by atoms with Crippen LogP contribution in [0.15, 0.2) is 11.8 Å². The van der Waals surface area contributed by atoms with Crippen LogP contribution in [0.4, 0.5) is 0 Å². The fraction of sp³-hybridized carbons (Fsp3) is 0.778. The summed E-state index contributed by atoms with van der Waals surface area (Å²) in [5.74, 6) is 0.204. The molecule has 0 amide bonds. The molecular formula is C18H33NO3S. The minimum absolute atomic E-state index is 0.0906. The molecule has 0 radical (unpaired) electrons. The summed E-state index contributed by atoms with van der Waals surface area (Å²) in [5.41, 5.74) is 5.84. The molecule has 0 rings (SSSR count). The van der Waals surface area contributed by atoms with E-state index in [1.165, 1.54) is 0 Å². The number of carbonyl (C=O) groups excluding carboxylic acids is 1. The van der Waals surface area contributed by atoms with Crippen molar-refractivity contribution in [2.24, 2.45) is 17.6 Å². The summed E-state index contributed by atoms with van der Waals surface area (Å²) < 4.78 is 11.1. The van der Waals surface area contributed by atoms with Crippen molar-refractivity contribution < 1.29 is 14.3 Å². The van der Waals surface area contributed by atoms with E-state index < -0.39 is 5.60 Å². The maximum atomic E-state index is 12.0. The molecule has 0 aliphatic heterocycles. The number of rotatable bonds is 10. The molecule has 0 saturated heterocycles. The number of thiocarbonyl (C=S) groups is 1. The van der Waals surface area contributed by atoms with E-state index in [-0.39, 0.29) is 11.9 Å². The lowest BCUT2D eigenvalue weighted by Crippen LogP contribution is -2.28. The molecule has 0 aliphatic rings. The van der Waals surface area contributed by atoms with Gasteiger partial charge in [0.1, 0.15) is 5.60 Å². The summed E-state index contributed by atoms with van der Waals surface area (Å²) in [6.45, 7) is 12.6.